The number of imidazole rings is 1. The molecular weight excluding hydrogens is 418 g/mol. The number of nitrogens with two attached hydrogens (primary N) is 1. The maximum Gasteiger partial charge on any atom is 0.226 e. The van der Waals surface area contributed by atoms with Crippen LogP contribution in [-0.4, -0.2) is 32.1 Å². The molecule has 5 rings (SSSR count). The first-order valence-electron chi connectivity index (χ1n) is 11.3. The lowest BCUT2D eigenvalue weighted by Gasteiger charge is -2.14. The molecule has 8 heteroatoms. The van der Waals surface area contributed by atoms with E-state index in [1.165, 1.54) is 41.7 Å². The fourth-order valence-corrected chi connectivity index (χ4v) is 4.97. The Labute approximate surface area is 192 Å². The predicted octanol–water partition coefficient (Wildman–Crippen LogP) is 5.04. The van der Waals surface area contributed by atoms with Crippen molar-refractivity contribution in [3.63, 3.8) is 0 Å². The Balaban J connectivity index is 1.40. The highest BCUT2D eigenvalue weighted by Crippen LogP contribution is 2.33. The second kappa shape index (κ2) is 9.26. The molecular formula is C24H29N7S. The molecule has 0 spiro atoms. The van der Waals surface area contributed by atoms with Crippen LogP contribution in [0, 0.1) is 0 Å². The van der Waals surface area contributed by atoms with Gasteiger partial charge in [0, 0.05) is 30.1 Å². The van der Waals surface area contributed by atoms with Gasteiger partial charge in [0.2, 0.25) is 5.95 Å². The van der Waals surface area contributed by atoms with Gasteiger partial charge in [-0.3, -0.25) is 0 Å². The predicted molar refractivity (Wildman–Crippen MR) is 132 cm³/mol. The molecule has 1 fully saturated rings. The highest BCUT2D eigenvalue weighted by Gasteiger charge is 2.22. The molecule has 0 amide bonds. The number of aromatic nitrogens is 4. The van der Waals surface area contributed by atoms with Crippen molar-refractivity contribution in [3.8, 4) is 10.4 Å². The van der Waals surface area contributed by atoms with Crippen LogP contribution in [-0.2, 0) is 6.54 Å². The number of hydrogen-bond acceptors (Lipinski definition) is 7. The number of rotatable bonds is 8. The zero-order chi connectivity index (χ0) is 21.9. The van der Waals surface area contributed by atoms with Gasteiger partial charge in [0.05, 0.1) is 6.33 Å². The van der Waals surface area contributed by atoms with E-state index in [-0.39, 0.29) is 6.04 Å². The summed E-state index contributed by atoms with van der Waals surface area (Å²) in [6, 6.07) is 13.4. The molecule has 1 saturated carbocycles. The Hall–Kier alpha value is -2.97. The van der Waals surface area contributed by atoms with Gasteiger partial charge in [-0.2, -0.15) is 9.97 Å². The van der Waals surface area contributed by atoms with E-state index in [1.54, 1.807) is 11.3 Å². The molecule has 1 atom stereocenters. The first-order chi connectivity index (χ1) is 15.7. The van der Waals surface area contributed by atoms with Crippen LogP contribution in [0.25, 0.3) is 21.6 Å². The zero-order valence-electron chi connectivity index (χ0n) is 18.3. The van der Waals surface area contributed by atoms with Crippen molar-refractivity contribution in [1.29, 1.82) is 0 Å². The SMILES string of the molecule is CC(N)CNc1nc(NCc2ccc(-c3cccs3)cc2)c2ncn(C3CCCC3)c2n1. The highest BCUT2D eigenvalue weighted by molar-refractivity contribution is 7.13. The summed E-state index contributed by atoms with van der Waals surface area (Å²) in [5.41, 5.74) is 10.1. The molecule has 166 valence electrons. The summed E-state index contributed by atoms with van der Waals surface area (Å²) in [4.78, 5) is 15.5. The number of hydrogen-bond donors (Lipinski definition) is 3. The first-order valence-corrected chi connectivity index (χ1v) is 12.2. The number of benzene rings is 1. The minimum Gasteiger partial charge on any atom is -0.364 e. The molecule has 1 unspecified atom stereocenters. The lowest BCUT2D eigenvalue weighted by Crippen LogP contribution is -2.26. The van der Waals surface area contributed by atoms with E-state index in [1.807, 2.05) is 13.3 Å². The number of fused-ring (bicyclic) bond motifs is 1. The van der Waals surface area contributed by atoms with E-state index in [9.17, 15) is 0 Å². The van der Waals surface area contributed by atoms with Gasteiger partial charge in [0.15, 0.2) is 17.0 Å². The second-order valence-electron chi connectivity index (χ2n) is 8.54. The Morgan fingerprint density at radius 2 is 1.94 bits per heavy atom. The van der Waals surface area contributed by atoms with Gasteiger partial charge in [-0.15, -0.1) is 11.3 Å². The summed E-state index contributed by atoms with van der Waals surface area (Å²) in [6.07, 6.45) is 6.80. The Bertz CT molecular complexity index is 1160. The first kappa shape index (κ1) is 20.9. The Morgan fingerprint density at radius 3 is 2.66 bits per heavy atom. The van der Waals surface area contributed by atoms with Crippen LogP contribution >= 0.6 is 11.3 Å². The standard InChI is InChI=1S/C24H29N7S/c1-16(25)13-27-24-29-22(21-23(30-24)31(15-28-21)19-5-2-3-6-19)26-14-17-8-10-18(11-9-17)20-7-4-12-32-20/h4,7-12,15-16,19H,2-3,5-6,13-14,25H2,1H3,(H2,26,27,29,30). The van der Waals surface area contributed by atoms with Crippen LogP contribution in [0.5, 0.6) is 0 Å². The average molecular weight is 448 g/mol. The van der Waals surface area contributed by atoms with Crippen LogP contribution in [0.2, 0.25) is 0 Å². The molecule has 3 aromatic heterocycles. The van der Waals surface area contributed by atoms with Crippen molar-refractivity contribution in [1.82, 2.24) is 19.5 Å². The molecule has 1 aromatic carbocycles. The van der Waals surface area contributed by atoms with Gasteiger partial charge in [-0.05, 0) is 42.3 Å². The van der Waals surface area contributed by atoms with Gasteiger partial charge >= 0.3 is 0 Å². The van der Waals surface area contributed by atoms with Crippen LogP contribution in [0.1, 0.15) is 44.2 Å². The van der Waals surface area contributed by atoms with Crippen molar-refractivity contribution < 1.29 is 0 Å². The molecule has 32 heavy (non-hydrogen) atoms. The zero-order valence-corrected chi connectivity index (χ0v) is 19.1. The minimum atomic E-state index is 0.0207. The normalized spacial score (nSPS) is 15.3. The van der Waals surface area contributed by atoms with Crippen molar-refractivity contribution in [3.05, 3.63) is 53.7 Å². The lowest BCUT2D eigenvalue weighted by atomic mass is 10.1. The van der Waals surface area contributed by atoms with Crippen LogP contribution in [0.15, 0.2) is 48.1 Å². The summed E-state index contributed by atoms with van der Waals surface area (Å²) in [5.74, 6) is 1.34. The molecule has 4 N–H and O–H groups in total. The van der Waals surface area contributed by atoms with E-state index in [2.05, 4.69) is 62.0 Å². The van der Waals surface area contributed by atoms with E-state index in [0.29, 0.717) is 25.1 Å². The summed E-state index contributed by atoms with van der Waals surface area (Å²) in [7, 11) is 0. The topological polar surface area (TPSA) is 93.7 Å². The van der Waals surface area contributed by atoms with E-state index < -0.39 is 0 Å². The van der Waals surface area contributed by atoms with Crippen LogP contribution < -0.4 is 16.4 Å². The summed E-state index contributed by atoms with van der Waals surface area (Å²) in [6.45, 7) is 3.25. The fraction of sp³-hybridized carbons (Fsp3) is 0.375. The molecule has 0 bridgehead atoms. The third-order valence-corrected chi connectivity index (χ3v) is 6.86. The molecule has 1 aliphatic rings. The third-order valence-electron chi connectivity index (χ3n) is 5.94. The van der Waals surface area contributed by atoms with Gasteiger partial charge in [-0.1, -0.05) is 43.2 Å². The quantitative estimate of drug-likeness (QED) is 0.350. The largest absolute Gasteiger partial charge is 0.364 e. The van der Waals surface area contributed by atoms with Gasteiger partial charge < -0.3 is 20.9 Å². The van der Waals surface area contributed by atoms with E-state index >= 15 is 0 Å². The Kier molecular flexibility index (Phi) is 6.05. The number of thiophene rings is 1. The fourth-order valence-electron chi connectivity index (χ4n) is 4.24. The molecule has 0 saturated heterocycles. The minimum absolute atomic E-state index is 0.0207. The van der Waals surface area contributed by atoms with Crippen molar-refractivity contribution >= 4 is 34.3 Å². The summed E-state index contributed by atoms with van der Waals surface area (Å²) < 4.78 is 2.22. The van der Waals surface area contributed by atoms with Gasteiger partial charge in [0.25, 0.3) is 0 Å². The number of anilines is 2. The van der Waals surface area contributed by atoms with Crippen molar-refractivity contribution in [2.75, 3.05) is 17.2 Å². The highest BCUT2D eigenvalue weighted by atomic mass is 32.1. The monoisotopic (exact) mass is 447 g/mol. The molecule has 0 aliphatic heterocycles. The van der Waals surface area contributed by atoms with E-state index in [4.69, 9.17) is 15.7 Å². The number of nitrogens with zero attached hydrogens (tertiary/aromatic N) is 4. The lowest BCUT2D eigenvalue weighted by molar-refractivity contribution is 0.529. The second-order valence-corrected chi connectivity index (χ2v) is 9.49. The van der Waals surface area contributed by atoms with Crippen molar-refractivity contribution in [2.24, 2.45) is 5.73 Å². The molecule has 4 aromatic rings. The van der Waals surface area contributed by atoms with Gasteiger partial charge in [-0.25, -0.2) is 4.98 Å². The number of nitrogens with one attached hydrogen (secondary N) is 2. The summed E-state index contributed by atoms with van der Waals surface area (Å²) >= 11 is 1.76. The summed E-state index contributed by atoms with van der Waals surface area (Å²) in [5, 5.41) is 8.88. The molecule has 1 aliphatic carbocycles. The molecule has 3 heterocycles. The van der Waals surface area contributed by atoms with Crippen molar-refractivity contribution in [2.45, 2.75) is 51.2 Å². The smallest absolute Gasteiger partial charge is 0.226 e. The van der Waals surface area contributed by atoms with Crippen LogP contribution in [0.3, 0.4) is 0 Å². The van der Waals surface area contributed by atoms with Gasteiger partial charge in [0.1, 0.15) is 0 Å². The average Bonchev–Trinajstić information content (AvgIpc) is 3.57. The Morgan fingerprint density at radius 1 is 1.12 bits per heavy atom. The molecule has 0 radical (unpaired) electrons. The molecule has 7 nitrogen and oxygen atoms in total. The third kappa shape index (κ3) is 4.47. The maximum absolute atomic E-state index is 5.93. The van der Waals surface area contributed by atoms with Crippen LogP contribution in [0.4, 0.5) is 11.8 Å². The van der Waals surface area contributed by atoms with E-state index in [0.717, 1.165) is 17.0 Å². The maximum atomic E-state index is 5.93.